The maximum atomic E-state index is 12.2. The van der Waals surface area contributed by atoms with E-state index in [0.29, 0.717) is 5.75 Å². The third-order valence-electron chi connectivity index (χ3n) is 3.67. The number of carboxylic acids is 1. The zero-order valence-electron chi connectivity index (χ0n) is 10.3. The number of carboxylic acid groups (broad SMARTS) is 1. The molecule has 0 bridgehead atoms. The highest BCUT2D eigenvalue weighted by Gasteiger charge is 2.39. The van der Waals surface area contributed by atoms with Crippen LogP contribution in [0.3, 0.4) is 0 Å². The Morgan fingerprint density at radius 3 is 2.74 bits per heavy atom. The van der Waals surface area contributed by atoms with Crippen molar-refractivity contribution in [3.8, 4) is 5.75 Å². The monoisotopic (exact) mass is 261 g/mol. The summed E-state index contributed by atoms with van der Waals surface area (Å²) in [6.45, 7) is 0.280. The van der Waals surface area contributed by atoms with E-state index in [1.807, 2.05) is 24.3 Å². The molecule has 1 aromatic carbocycles. The molecule has 2 atom stereocenters. The molecule has 3 rings (SSSR count). The van der Waals surface area contributed by atoms with Crippen molar-refractivity contribution >= 4 is 11.9 Å². The van der Waals surface area contributed by atoms with Crippen LogP contribution in [0.4, 0.5) is 0 Å². The first kappa shape index (κ1) is 12.0. The third kappa shape index (κ3) is 2.28. The predicted octanol–water partition coefficient (Wildman–Crippen LogP) is 1.14. The highest BCUT2D eigenvalue weighted by molar-refractivity contribution is 5.89. The van der Waals surface area contributed by atoms with Crippen molar-refractivity contribution in [1.82, 2.24) is 5.32 Å². The summed E-state index contributed by atoms with van der Waals surface area (Å²) >= 11 is 0. The van der Waals surface area contributed by atoms with Gasteiger partial charge in [-0.1, -0.05) is 18.2 Å². The molecule has 0 saturated heterocycles. The standard InChI is InChI=1S/C14H15NO4/c16-13(15-12(14(17)18)8-5-6-8)10-7-19-11-4-2-1-3-9(10)11/h1-4,8,10,12H,5-7H2,(H,15,16)(H,17,18). The van der Waals surface area contributed by atoms with Crippen LogP contribution >= 0.6 is 0 Å². The van der Waals surface area contributed by atoms with Crippen molar-refractivity contribution in [2.75, 3.05) is 6.61 Å². The van der Waals surface area contributed by atoms with Crippen LogP contribution in [0, 0.1) is 5.92 Å². The van der Waals surface area contributed by atoms with E-state index in [1.54, 1.807) is 0 Å². The Morgan fingerprint density at radius 2 is 2.05 bits per heavy atom. The summed E-state index contributed by atoms with van der Waals surface area (Å²) in [5, 5.41) is 11.8. The summed E-state index contributed by atoms with van der Waals surface area (Å²) in [5.41, 5.74) is 0.833. The SMILES string of the molecule is O=C(NC(C(=O)O)C1CC1)C1COc2ccccc21. The van der Waals surface area contributed by atoms with Crippen molar-refractivity contribution in [2.24, 2.45) is 5.92 Å². The van der Waals surface area contributed by atoms with Gasteiger partial charge in [0.2, 0.25) is 5.91 Å². The number of aliphatic carboxylic acids is 1. The summed E-state index contributed by atoms with van der Waals surface area (Å²) in [6, 6.07) is 6.60. The molecule has 1 heterocycles. The van der Waals surface area contributed by atoms with Gasteiger partial charge in [0.15, 0.2) is 0 Å². The molecule has 1 amide bonds. The number of hydrogen-bond acceptors (Lipinski definition) is 3. The van der Waals surface area contributed by atoms with Crippen molar-refractivity contribution in [3.05, 3.63) is 29.8 Å². The second kappa shape index (κ2) is 4.57. The Balaban J connectivity index is 1.73. The number of hydrogen-bond donors (Lipinski definition) is 2. The van der Waals surface area contributed by atoms with Gasteiger partial charge in [-0.25, -0.2) is 4.79 Å². The van der Waals surface area contributed by atoms with Gasteiger partial charge in [-0.05, 0) is 24.8 Å². The van der Waals surface area contributed by atoms with Gasteiger partial charge in [-0.15, -0.1) is 0 Å². The number of benzene rings is 1. The first-order chi connectivity index (χ1) is 9.16. The molecule has 0 spiro atoms. The normalized spacial score (nSPS) is 22.2. The molecule has 1 fully saturated rings. The van der Waals surface area contributed by atoms with E-state index >= 15 is 0 Å². The van der Waals surface area contributed by atoms with Gasteiger partial charge in [0.25, 0.3) is 0 Å². The van der Waals surface area contributed by atoms with E-state index < -0.39 is 17.9 Å². The Labute approximate surface area is 110 Å². The van der Waals surface area contributed by atoms with E-state index in [9.17, 15) is 9.59 Å². The maximum absolute atomic E-state index is 12.2. The van der Waals surface area contributed by atoms with Crippen LogP contribution in [0.15, 0.2) is 24.3 Å². The van der Waals surface area contributed by atoms with E-state index in [2.05, 4.69) is 5.32 Å². The Bertz CT molecular complexity index is 524. The lowest BCUT2D eigenvalue weighted by atomic mass is 10.00. The van der Waals surface area contributed by atoms with Gasteiger partial charge in [0.05, 0.1) is 0 Å². The van der Waals surface area contributed by atoms with E-state index in [4.69, 9.17) is 9.84 Å². The lowest BCUT2D eigenvalue weighted by molar-refractivity contribution is -0.142. The Hall–Kier alpha value is -2.04. The van der Waals surface area contributed by atoms with Crippen LogP contribution < -0.4 is 10.1 Å². The quantitative estimate of drug-likeness (QED) is 0.852. The molecule has 0 radical (unpaired) electrons. The minimum absolute atomic E-state index is 0.0824. The number of amides is 1. The molecule has 1 aliphatic carbocycles. The van der Waals surface area contributed by atoms with Crippen LogP contribution in [0.2, 0.25) is 0 Å². The first-order valence-corrected chi connectivity index (χ1v) is 6.41. The molecule has 2 N–H and O–H groups in total. The van der Waals surface area contributed by atoms with Crippen molar-refractivity contribution in [2.45, 2.75) is 24.8 Å². The first-order valence-electron chi connectivity index (χ1n) is 6.41. The molecule has 19 heavy (non-hydrogen) atoms. The third-order valence-corrected chi connectivity index (χ3v) is 3.67. The number of nitrogens with one attached hydrogen (secondary N) is 1. The van der Waals surface area contributed by atoms with Crippen LogP contribution in [-0.2, 0) is 9.59 Å². The predicted molar refractivity (Wildman–Crippen MR) is 67.0 cm³/mol. The molecule has 5 heteroatoms. The van der Waals surface area contributed by atoms with Crippen molar-refractivity contribution in [3.63, 3.8) is 0 Å². The van der Waals surface area contributed by atoms with E-state index in [-0.39, 0.29) is 18.4 Å². The van der Waals surface area contributed by atoms with Gasteiger partial charge in [-0.2, -0.15) is 0 Å². The number of para-hydroxylation sites is 1. The van der Waals surface area contributed by atoms with Crippen LogP contribution in [0.1, 0.15) is 24.3 Å². The molecule has 5 nitrogen and oxygen atoms in total. The average Bonchev–Trinajstić information content (AvgIpc) is 3.14. The molecule has 2 unspecified atom stereocenters. The van der Waals surface area contributed by atoms with E-state index in [1.165, 1.54) is 0 Å². The number of carbonyl (C=O) groups excluding carboxylic acids is 1. The topological polar surface area (TPSA) is 75.6 Å². The number of carbonyl (C=O) groups is 2. The van der Waals surface area contributed by atoms with Crippen molar-refractivity contribution < 1.29 is 19.4 Å². The number of rotatable bonds is 4. The van der Waals surface area contributed by atoms with E-state index in [0.717, 1.165) is 18.4 Å². The van der Waals surface area contributed by atoms with Crippen LogP contribution in [-0.4, -0.2) is 29.6 Å². The lowest BCUT2D eigenvalue weighted by Gasteiger charge is -2.16. The molecule has 2 aliphatic rings. The maximum Gasteiger partial charge on any atom is 0.326 e. The zero-order chi connectivity index (χ0) is 13.4. The van der Waals surface area contributed by atoms with Gasteiger partial charge in [0, 0.05) is 5.56 Å². The van der Waals surface area contributed by atoms with Gasteiger partial charge in [-0.3, -0.25) is 4.79 Å². The largest absolute Gasteiger partial charge is 0.492 e. The van der Waals surface area contributed by atoms with Gasteiger partial charge < -0.3 is 15.2 Å². The molecule has 1 aromatic rings. The highest BCUT2D eigenvalue weighted by atomic mass is 16.5. The Kier molecular flexibility index (Phi) is 2.89. The summed E-state index contributed by atoms with van der Waals surface area (Å²) in [4.78, 5) is 23.3. The molecule has 0 aromatic heterocycles. The fraction of sp³-hybridized carbons (Fsp3) is 0.429. The summed E-state index contributed by atoms with van der Waals surface area (Å²) in [7, 11) is 0. The second-order valence-corrected chi connectivity index (χ2v) is 5.06. The molecular formula is C14H15NO4. The number of ether oxygens (including phenoxy) is 1. The minimum Gasteiger partial charge on any atom is -0.492 e. The molecular weight excluding hydrogens is 246 g/mol. The summed E-state index contributed by atoms with van der Waals surface area (Å²) in [5.74, 6) is -0.830. The highest BCUT2D eigenvalue weighted by Crippen LogP contribution is 2.35. The lowest BCUT2D eigenvalue weighted by Crippen LogP contribution is -2.44. The van der Waals surface area contributed by atoms with Gasteiger partial charge in [0.1, 0.15) is 24.3 Å². The fourth-order valence-corrected chi connectivity index (χ4v) is 2.44. The van der Waals surface area contributed by atoms with Crippen LogP contribution in [0.5, 0.6) is 5.75 Å². The van der Waals surface area contributed by atoms with Crippen LogP contribution in [0.25, 0.3) is 0 Å². The average molecular weight is 261 g/mol. The minimum atomic E-state index is -0.956. The van der Waals surface area contributed by atoms with Gasteiger partial charge >= 0.3 is 5.97 Å². The number of fused-ring (bicyclic) bond motifs is 1. The Morgan fingerprint density at radius 1 is 1.32 bits per heavy atom. The van der Waals surface area contributed by atoms with Crippen molar-refractivity contribution in [1.29, 1.82) is 0 Å². The zero-order valence-corrected chi connectivity index (χ0v) is 10.3. The summed E-state index contributed by atoms with van der Waals surface area (Å²) in [6.07, 6.45) is 1.74. The molecule has 1 saturated carbocycles. The fourth-order valence-electron chi connectivity index (χ4n) is 2.44. The molecule has 1 aliphatic heterocycles. The molecule has 100 valence electrons. The smallest absolute Gasteiger partial charge is 0.326 e. The summed E-state index contributed by atoms with van der Waals surface area (Å²) < 4.78 is 5.44. The second-order valence-electron chi connectivity index (χ2n) is 5.06.